The molecular weight excluding hydrogens is 493 g/mol. The van der Waals surface area contributed by atoms with E-state index in [0.29, 0.717) is 6.42 Å². The van der Waals surface area contributed by atoms with Crippen LogP contribution in [0.15, 0.2) is 28.7 Å². The number of carbonyl (C=O) groups excluding carboxylic acids is 1. The van der Waals surface area contributed by atoms with Crippen molar-refractivity contribution in [3.63, 3.8) is 0 Å². The molecule has 1 aromatic carbocycles. The highest BCUT2D eigenvalue weighted by Gasteiger charge is 2.34. The normalized spacial score (nSPS) is 12.3. The molecule has 3 N–H and O–H groups in total. The van der Waals surface area contributed by atoms with Gasteiger partial charge in [0.05, 0.1) is 0 Å². The van der Waals surface area contributed by atoms with Gasteiger partial charge in [0.1, 0.15) is 6.17 Å². The molecule has 0 fully saturated rings. The van der Waals surface area contributed by atoms with Crippen molar-refractivity contribution >= 4 is 79.7 Å². The van der Waals surface area contributed by atoms with Gasteiger partial charge in [0.2, 0.25) is 9.70 Å². The Labute approximate surface area is 190 Å². The Morgan fingerprint density at radius 1 is 1.07 bits per heavy atom. The van der Waals surface area contributed by atoms with E-state index in [4.69, 9.17) is 47.0 Å². The van der Waals surface area contributed by atoms with Crippen LogP contribution >= 0.6 is 63.0 Å². The number of rotatable bonds is 10. The van der Waals surface area contributed by atoms with Gasteiger partial charge >= 0.3 is 0 Å². The fourth-order valence-corrected chi connectivity index (χ4v) is 3.16. The van der Waals surface area contributed by atoms with E-state index in [-0.39, 0.29) is 11.0 Å². The molecule has 0 saturated heterocycles. The van der Waals surface area contributed by atoms with E-state index in [9.17, 15) is 4.79 Å². The van der Waals surface area contributed by atoms with Gasteiger partial charge in [0, 0.05) is 16.6 Å². The number of halogens is 4. The molecule has 152 valence electrons. The molecule has 0 bridgehead atoms. The number of anilines is 1. The largest absolute Gasteiger partial charge is 0.339 e. The molecule has 1 unspecified atom stereocenters. The van der Waals surface area contributed by atoms with Gasteiger partial charge in [-0.2, -0.15) is 0 Å². The summed E-state index contributed by atoms with van der Waals surface area (Å²) in [5.41, 5.74) is 0.775. The zero-order valence-corrected chi connectivity index (χ0v) is 19.8. The Hall–Kier alpha value is -0.270. The maximum absolute atomic E-state index is 12.2. The molecule has 27 heavy (non-hydrogen) atoms. The average molecular weight is 518 g/mol. The minimum Gasteiger partial charge on any atom is -0.339 e. The topological polar surface area (TPSA) is 53.2 Å². The van der Waals surface area contributed by atoms with Crippen molar-refractivity contribution in [2.75, 3.05) is 5.32 Å². The molecule has 1 aromatic rings. The van der Waals surface area contributed by atoms with Crippen LogP contribution in [0.1, 0.15) is 51.9 Å². The minimum atomic E-state index is -1.75. The molecule has 1 atom stereocenters. The standard InChI is InChI=1S/C18H25BrCl3N3OS/c1-2-3-4-5-6-7-8-15(26)24-16(18(20,21)22)25-17(27)23-14-11-9-13(19)10-12-14/h9-12,16H,2-8H2,1H3,(H,24,26)(H2,23,25,27). The second-order valence-corrected chi connectivity index (χ2v) is 9.86. The molecule has 0 aliphatic rings. The lowest BCUT2D eigenvalue weighted by atomic mass is 10.1. The molecule has 1 amide bonds. The van der Waals surface area contributed by atoms with Crippen molar-refractivity contribution in [2.24, 2.45) is 0 Å². The van der Waals surface area contributed by atoms with E-state index in [1.807, 2.05) is 24.3 Å². The van der Waals surface area contributed by atoms with Crippen LogP contribution in [0.2, 0.25) is 0 Å². The van der Waals surface area contributed by atoms with Crippen molar-refractivity contribution in [1.29, 1.82) is 0 Å². The zero-order chi connectivity index (χ0) is 20.3. The Morgan fingerprint density at radius 3 is 2.26 bits per heavy atom. The summed E-state index contributed by atoms with van der Waals surface area (Å²) in [6.45, 7) is 2.17. The maximum atomic E-state index is 12.2. The number of hydrogen-bond acceptors (Lipinski definition) is 2. The Bertz CT molecular complexity index is 597. The monoisotopic (exact) mass is 515 g/mol. The van der Waals surface area contributed by atoms with E-state index in [2.05, 4.69) is 38.8 Å². The number of thiocarbonyl (C=S) groups is 1. The van der Waals surface area contributed by atoms with Crippen molar-refractivity contribution in [3.05, 3.63) is 28.7 Å². The summed E-state index contributed by atoms with van der Waals surface area (Å²) >= 11 is 26.6. The summed E-state index contributed by atoms with van der Waals surface area (Å²) < 4.78 is -0.796. The van der Waals surface area contributed by atoms with Gasteiger partial charge in [-0.15, -0.1) is 0 Å². The second kappa shape index (κ2) is 13.0. The van der Waals surface area contributed by atoms with Gasteiger partial charge in [-0.1, -0.05) is 89.8 Å². The Balaban J connectivity index is 2.46. The van der Waals surface area contributed by atoms with E-state index < -0.39 is 9.96 Å². The Kier molecular flexibility index (Phi) is 12.0. The number of nitrogens with one attached hydrogen (secondary N) is 3. The van der Waals surface area contributed by atoms with Crippen molar-refractivity contribution < 1.29 is 4.79 Å². The lowest BCUT2D eigenvalue weighted by Gasteiger charge is -2.27. The molecule has 0 heterocycles. The van der Waals surface area contributed by atoms with Crippen LogP contribution in [0.3, 0.4) is 0 Å². The molecule has 9 heteroatoms. The van der Waals surface area contributed by atoms with E-state index in [1.54, 1.807) is 0 Å². The van der Waals surface area contributed by atoms with E-state index in [0.717, 1.165) is 29.4 Å². The number of unbranched alkanes of at least 4 members (excludes halogenated alkanes) is 5. The molecular formula is C18H25BrCl3N3OS. The molecule has 1 rings (SSSR count). The van der Waals surface area contributed by atoms with Crippen LogP contribution in [0.5, 0.6) is 0 Å². The predicted molar refractivity (Wildman–Crippen MR) is 124 cm³/mol. The van der Waals surface area contributed by atoms with Crippen molar-refractivity contribution in [2.45, 2.75) is 61.8 Å². The van der Waals surface area contributed by atoms with E-state index >= 15 is 0 Å². The first-order chi connectivity index (χ1) is 12.7. The van der Waals surface area contributed by atoms with Crippen LogP contribution in [0, 0.1) is 0 Å². The third-order valence-corrected chi connectivity index (χ3v) is 5.17. The molecule has 0 aliphatic heterocycles. The zero-order valence-electron chi connectivity index (χ0n) is 15.2. The van der Waals surface area contributed by atoms with Crippen LogP contribution < -0.4 is 16.0 Å². The highest BCUT2D eigenvalue weighted by Crippen LogP contribution is 2.29. The van der Waals surface area contributed by atoms with E-state index in [1.165, 1.54) is 19.3 Å². The molecule has 0 aliphatic carbocycles. The third kappa shape index (κ3) is 11.3. The molecule has 0 aromatic heterocycles. The second-order valence-electron chi connectivity index (χ2n) is 6.17. The number of benzene rings is 1. The van der Waals surface area contributed by atoms with Crippen molar-refractivity contribution in [3.8, 4) is 0 Å². The lowest BCUT2D eigenvalue weighted by molar-refractivity contribution is -0.122. The first-order valence-electron chi connectivity index (χ1n) is 8.91. The summed E-state index contributed by atoms with van der Waals surface area (Å²) in [5, 5.41) is 8.79. The summed E-state index contributed by atoms with van der Waals surface area (Å²) in [6.07, 6.45) is 6.04. The molecule has 0 radical (unpaired) electrons. The highest BCUT2D eigenvalue weighted by molar-refractivity contribution is 9.10. The summed E-state index contributed by atoms with van der Waals surface area (Å²) in [7, 11) is 0. The first-order valence-corrected chi connectivity index (χ1v) is 11.2. The number of amides is 1. The summed E-state index contributed by atoms with van der Waals surface area (Å²) in [5.74, 6) is -0.180. The summed E-state index contributed by atoms with van der Waals surface area (Å²) in [6, 6.07) is 7.44. The van der Waals surface area contributed by atoms with Gasteiger partial charge in [0.25, 0.3) is 0 Å². The maximum Gasteiger partial charge on any atom is 0.228 e. The SMILES string of the molecule is CCCCCCCCC(=O)NC(NC(=S)Nc1ccc(Br)cc1)C(Cl)(Cl)Cl. The lowest BCUT2D eigenvalue weighted by Crippen LogP contribution is -2.56. The van der Waals surface area contributed by atoms with Crippen LogP contribution in [0.4, 0.5) is 5.69 Å². The molecule has 4 nitrogen and oxygen atoms in total. The number of alkyl halides is 3. The molecule has 0 spiro atoms. The summed E-state index contributed by atoms with van der Waals surface area (Å²) in [4.78, 5) is 12.2. The minimum absolute atomic E-state index is 0.180. The highest BCUT2D eigenvalue weighted by atomic mass is 79.9. The van der Waals surface area contributed by atoms with Crippen LogP contribution in [0.25, 0.3) is 0 Å². The van der Waals surface area contributed by atoms with Gasteiger partial charge < -0.3 is 16.0 Å². The fraction of sp³-hybridized carbons (Fsp3) is 0.556. The molecule has 0 saturated carbocycles. The van der Waals surface area contributed by atoms with Gasteiger partial charge in [-0.3, -0.25) is 4.79 Å². The fourth-order valence-electron chi connectivity index (χ4n) is 2.33. The van der Waals surface area contributed by atoms with Crippen LogP contribution in [-0.2, 0) is 4.79 Å². The smallest absolute Gasteiger partial charge is 0.228 e. The van der Waals surface area contributed by atoms with Gasteiger partial charge in [-0.25, -0.2) is 0 Å². The quantitative estimate of drug-likeness (QED) is 0.148. The number of carbonyl (C=O) groups is 1. The first kappa shape index (κ1) is 24.8. The predicted octanol–water partition coefficient (Wildman–Crippen LogP) is 6.30. The third-order valence-electron chi connectivity index (χ3n) is 3.77. The van der Waals surface area contributed by atoms with Crippen LogP contribution in [-0.4, -0.2) is 21.0 Å². The van der Waals surface area contributed by atoms with Gasteiger partial charge in [0.15, 0.2) is 5.11 Å². The Morgan fingerprint density at radius 2 is 1.67 bits per heavy atom. The van der Waals surface area contributed by atoms with Gasteiger partial charge in [-0.05, 0) is 42.9 Å². The average Bonchev–Trinajstić information content (AvgIpc) is 2.58. The number of hydrogen-bond donors (Lipinski definition) is 3. The van der Waals surface area contributed by atoms with Crippen molar-refractivity contribution in [1.82, 2.24) is 10.6 Å².